The molecule has 0 saturated heterocycles. The van der Waals surface area contributed by atoms with Crippen LogP contribution in [0.5, 0.6) is 0 Å². The van der Waals surface area contributed by atoms with Gasteiger partial charge in [0.1, 0.15) is 0 Å². The van der Waals surface area contributed by atoms with E-state index in [0.717, 1.165) is 5.92 Å². The Morgan fingerprint density at radius 2 is 1.94 bits per heavy atom. The lowest BCUT2D eigenvalue weighted by molar-refractivity contribution is 0.0942. The Labute approximate surface area is 108 Å². The van der Waals surface area contributed by atoms with E-state index in [1.165, 1.54) is 38.8 Å². The van der Waals surface area contributed by atoms with Crippen molar-refractivity contribution >= 4 is 0 Å². The zero-order valence-corrected chi connectivity index (χ0v) is 12.8. The average Bonchev–Trinajstić information content (AvgIpc) is 2.12. The second-order valence-corrected chi connectivity index (χ2v) is 7.54. The molecule has 2 nitrogen and oxygen atoms in total. The summed E-state index contributed by atoms with van der Waals surface area (Å²) in [6.45, 7) is 11.6. The Kier molecular flexibility index (Phi) is 5.03. The topological polar surface area (TPSA) is 15.3 Å². The molecule has 1 aliphatic carbocycles. The summed E-state index contributed by atoms with van der Waals surface area (Å²) in [7, 11) is 4.41. The second kappa shape index (κ2) is 5.71. The van der Waals surface area contributed by atoms with Crippen LogP contribution in [0.4, 0.5) is 0 Å². The number of nitrogens with zero attached hydrogens (tertiary/aromatic N) is 1. The molecule has 0 heterocycles. The normalized spacial score (nSPS) is 30.9. The van der Waals surface area contributed by atoms with Gasteiger partial charge in [-0.1, -0.05) is 19.8 Å². The van der Waals surface area contributed by atoms with Gasteiger partial charge in [-0.25, -0.2) is 0 Å². The van der Waals surface area contributed by atoms with Crippen molar-refractivity contribution in [3.63, 3.8) is 0 Å². The summed E-state index contributed by atoms with van der Waals surface area (Å²) in [5.41, 5.74) is 0.731. The molecule has 0 spiro atoms. The molecule has 0 aromatic rings. The minimum Gasteiger partial charge on any atom is -0.311 e. The van der Waals surface area contributed by atoms with Crippen LogP contribution >= 0.6 is 0 Å². The van der Waals surface area contributed by atoms with Crippen molar-refractivity contribution in [3.8, 4) is 0 Å². The smallest absolute Gasteiger partial charge is 0.00967 e. The molecule has 17 heavy (non-hydrogen) atoms. The van der Waals surface area contributed by atoms with E-state index >= 15 is 0 Å². The molecule has 1 rings (SSSR count). The first-order valence-corrected chi connectivity index (χ1v) is 7.12. The number of hydrogen-bond acceptors (Lipinski definition) is 2. The standard InChI is InChI=1S/C15H32N2/c1-13-8-7-9-15(10-13,12-17(5)6)11-16-14(2,3)4/h13,16H,7-12H2,1-6H3. The van der Waals surface area contributed by atoms with Crippen molar-refractivity contribution < 1.29 is 0 Å². The van der Waals surface area contributed by atoms with Gasteiger partial charge in [0, 0.05) is 18.6 Å². The molecule has 1 saturated carbocycles. The number of hydrogen-bond donors (Lipinski definition) is 1. The highest BCUT2D eigenvalue weighted by Gasteiger charge is 2.35. The Morgan fingerprint density at radius 1 is 1.29 bits per heavy atom. The molecule has 1 aliphatic rings. The van der Waals surface area contributed by atoms with E-state index < -0.39 is 0 Å². The molecule has 102 valence electrons. The summed E-state index contributed by atoms with van der Waals surface area (Å²) in [6, 6.07) is 0. The molecule has 1 N–H and O–H groups in total. The van der Waals surface area contributed by atoms with Gasteiger partial charge in [-0.05, 0) is 59.0 Å². The van der Waals surface area contributed by atoms with Crippen molar-refractivity contribution in [1.29, 1.82) is 0 Å². The average molecular weight is 240 g/mol. The van der Waals surface area contributed by atoms with Crippen molar-refractivity contribution in [2.24, 2.45) is 11.3 Å². The molecule has 2 unspecified atom stereocenters. The van der Waals surface area contributed by atoms with E-state index in [0.29, 0.717) is 5.41 Å². The molecule has 0 aromatic heterocycles. The van der Waals surface area contributed by atoms with Gasteiger partial charge in [0.25, 0.3) is 0 Å². The van der Waals surface area contributed by atoms with Crippen LogP contribution in [-0.4, -0.2) is 37.6 Å². The van der Waals surface area contributed by atoms with Crippen LogP contribution in [0.25, 0.3) is 0 Å². The predicted molar refractivity (Wildman–Crippen MR) is 76.4 cm³/mol. The van der Waals surface area contributed by atoms with Gasteiger partial charge in [0.05, 0.1) is 0 Å². The summed E-state index contributed by atoms with van der Waals surface area (Å²) in [5.74, 6) is 0.894. The summed E-state index contributed by atoms with van der Waals surface area (Å²) < 4.78 is 0. The molecular weight excluding hydrogens is 208 g/mol. The molecule has 0 aromatic carbocycles. The molecule has 2 heteroatoms. The zero-order valence-electron chi connectivity index (χ0n) is 12.8. The van der Waals surface area contributed by atoms with E-state index in [-0.39, 0.29) is 5.54 Å². The lowest BCUT2D eigenvalue weighted by Crippen LogP contribution is -2.49. The molecule has 0 bridgehead atoms. The minimum atomic E-state index is 0.236. The summed E-state index contributed by atoms with van der Waals surface area (Å²) in [4.78, 5) is 2.36. The first-order valence-electron chi connectivity index (χ1n) is 7.12. The third-order valence-corrected chi connectivity index (χ3v) is 3.83. The van der Waals surface area contributed by atoms with Gasteiger partial charge in [-0.2, -0.15) is 0 Å². The maximum atomic E-state index is 3.73. The highest BCUT2D eigenvalue weighted by molar-refractivity contribution is 4.90. The van der Waals surface area contributed by atoms with E-state index in [1.807, 2.05) is 0 Å². The van der Waals surface area contributed by atoms with E-state index in [2.05, 4.69) is 52.0 Å². The fourth-order valence-electron chi connectivity index (χ4n) is 3.25. The van der Waals surface area contributed by atoms with E-state index in [9.17, 15) is 0 Å². The van der Waals surface area contributed by atoms with Crippen LogP contribution in [0, 0.1) is 11.3 Å². The Bertz CT molecular complexity index is 226. The lowest BCUT2D eigenvalue weighted by atomic mass is 9.69. The SMILES string of the molecule is CC1CCCC(CNC(C)(C)C)(CN(C)C)C1. The van der Waals surface area contributed by atoms with Crippen LogP contribution in [0.1, 0.15) is 53.4 Å². The Morgan fingerprint density at radius 3 is 2.41 bits per heavy atom. The largest absolute Gasteiger partial charge is 0.311 e. The van der Waals surface area contributed by atoms with Gasteiger partial charge < -0.3 is 10.2 Å². The fourth-order valence-corrected chi connectivity index (χ4v) is 3.25. The quantitative estimate of drug-likeness (QED) is 0.812. The van der Waals surface area contributed by atoms with Crippen LogP contribution in [0.2, 0.25) is 0 Å². The molecular formula is C15H32N2. The van der Waals surface area contributed by atoms with Crippen LogP contribution in [0.15, 0.2) is 0 Å². The maximum absolute atomic E-state index is 3.73. The lowest BCUT2D eigenvalue weighted by Gasteiger charge is -2.43. The third-order valence-electron chi connectivity index (χ3n) is 3.83. The van der Waals surface area contributed by atoms with Crippen LogP contribution < -0.4 is 5.32 Å². The zero-order chi connectivity index (χ0) is 13.1. The van der Waals surface area contributed by atoms with Crippen molar-refractivity contribution in [2.75, 3.05) is 27.2 Å². The highest BCUT2D eigenvalue weighted by atomic mass is 15.1. The number of rotatable bonds is 4. The summed E-state index contributed by atoms with van der Waals surface area (Å²) in [6.07, 6.45) is 5.60. The third kappa shape index (κ3) is 5.39. The first-order chi connectivity index (χ1) is 7.72. The van der Waals surface area contributed by atoms with Gasteiger partial charge in [-0.15, -0.1) is 0 Å². The van der Waals surface area contributed by atoms with E-state index in [4.69, 9.17) is 0 Å². The second-order valence-electron chi connectivity index (χ2n) is 7.54. The fraction of sp³-hybridized carbons (Fsp3) is 1.00. The predicted octanol–water partition coefficient (Wildman–Crippen LogP) is 3.13. The monoisotopic (exact) mass is 240 g/mol. The van der Waals surface area contributed by atoms with E-state index in [1.54, 1.807) is 0 Å². The van der Waals surface area contributed by atoms with Gasteiger partial charge in [0.15, 0.2) is 0 Å². The van der Waals surface area contributed by atoms with Crippen LogP contribution in [-0.2, 0) is 0 Å². The molecule has 0 aliphatic heterocycles. The van der Waals surface area contributed by atoms with Gasteiger partial charge in [0.2, 0.25) is 0 Å². The molecule has 1 fully saturated rings. The maximum Gasteiger partial charge on any atom is 0.00967 e. The molecule has 0 amide bonds. The molecule has 0 radical (unpaired) electrons. The van der Waals surface area contributed by atoms with Gasteiger partial charge in [-0.3, -0.25) is 0 Å². The molecule has 2 atom stereocenters. The van der Waals surface area contributed by atoms with Crippen molar-refractivity contribution in [1.82, 2.24) is 10.2 Å². The minimum absolute atomic E-state index is 0.236. The Balaban J connectivity index is 2.64. The van der Waals surface area contributed by atoms with Crippen molar-refractivity contribution in [3.05, 3.63) is 0 Å². The number of nitrogens with one attached hydrogen (secondary N) is 1. The first kappa shape index (κ1) is 15.0. The van der Waals surface area contributed by atoms with Gasteiger partial charge >= 0.3 is 0 Å². The summed E-state index contributed by atoms with van der Waals surface area (Å²) in [5, 5.41) is 3.73. The Hall–Kier alpha value is -0.0800. The van der Waals surface area contributed by atoms with Crippen LogP contribution in [0.3, 0.4) is 0 Å². The summed E-state index contributed by atoms with van der Waals surface area (Å²) >= 11 is 0. The van der Waals surface area contributed by atoms with Crippen molar-refractivity contribution in [2.45, 2.75) is 58.9 Å². The highest BCUT2D eigenvalue weighted by Crippen LogP contribution is 2.39.